The van der Waals surface area contributed by atoms with E-state index in [4.69, 9.17) is 22.1 Å². The molecule has 1 aromatic heterocycles. The van der Waals surface area contributed by atoms with Crippen molar-refractivity contribution in [3.63, 3.8) is 0 Å². The summed E-state index contributed by atoms with van der Waals surface area (Å²) in [5.74, 6) is 0.907. The molecule has 114 valence electrons. The molecule has 1 aromatic carbocycles. The molecule has 2 N–H and O–H groups in total. The van der Waals surface area contributed by atoms with Gasteiger partial charge in [-0.15, -0.1) is 0 Å². The third kappa shape index (κ3) is 3.28. The highest BCUT2D eigenvalue weighted by molar-refractivity contribution is 6.29. The van der Waals surface area contributed by atoms with Crippen LogP contribution in [0, 0.1) is 0 Å². The molecule has 2 aromatic rings. The summed E-state index contributed by atoms with van der Waals surface area (Å²) in [6.07, 6.45) is 2.14. The lowest BCUT2D eigenvalue weighted by molar-refractivity contribution is 0.0793. The van der Waals surface area contributed by atoms with E-state index < -0.39 is 0 Å². The quantitative estimate of drug-likeness (QED) is 0.880. The summed E-state index contributed by atoms with van der Waals surface area (Å²) in [7, 11) is 0. The normalized spacial score (nSPS) is 14.1. The number of nitrogens with two attached hydrogens (primary N) is 1. The van der Waals surface area contributed by atoms with Crippen LogP contribution in [0.5, 0.6) is 11.6 Å². The summed E-state index contributed by atoms with van der Waals surface area (Å²) in [6.45, 7) is 1.66. The third-order valence-electron chi connectivity index (χ3n) is 3.41. The summed E-state index contributed by atoms with van der Waals surface area (Å²) in [4.78, 5) is 21.8. The molecule has 0 aliphatic carbocycles. The Hall–Kier alpha value is -2.34. The molecule has 2 heterocycles. The van der Waals surface area contributed by atoms with Crippen LogP contribution in [0.25, 0.3) is 0 Å². The maximum absolute atomic E-state index is 12.2. The number of carbonyl (C=O) groups excluding carboxylic acids is 1. The number of anilines is 1. The average molecular weight is 319 g/mol. The van der Waals surface area contributed by atoms with Crippen molar-refractivity contribution < 1.29 is 9.53 Å². The highest BCUT2D eigenvalue weighted by Gasteiger charge is 2.19. The van der Waals surface area contributed by atoms with Gasteiger partial charge in [-0.1, -0.05) is 11.6 Å². The Bertz CT molecular complexity index is 664. The number of hydrogen-bond acceptors (Lipinski definition) is 5. The summed E-state index contributed by atoms with van der Waals surface area (Å²) in [5, 5.41) is 0.211. The summed E-state index contributed by atoms with van der Waals surface area (Å²) < 4.78 is 5.56. The largest absolute Gasteiger partial charge is 0.439 e. The number of hydrogen-bond donors (Lipinski definition) is 1. The van der Waals surface area contributed by atoms with E-state index in [1.807, 2.05) is 4.90 Å². The van der Waals surface area contributed by atoms with Gasteiger partial charge in [0.15, 0.2) is 0 Å². The monoisotopic (exact) mass is 318 g/mol. The molecular weight excluding hydrogens is 304 g/mol. The van der Waals surface area contributed by atoms with Crippen molar-refractivity contribution in [1.29, 1.82) is 0 Å². The van der Waals surface area contributed by atoms with E-state index in [0.29, 0.717) is 11.3 Å². The van der Waals surface area contributed by atoms with Gasteiger partial charge in [-0.3, -0.25) is 4.79 Å². The molecule has 1 amide bonds. The van der Waals surface area contributed by atoms with Gasteiger partial charge in [-0.2, -0.15) is 4.98 Å². The number of aromatic nitrogens is 2. The SMILES string of the molecule is Nc1nc(Cl)cc(Oc2ccc(C(=O)N3CCCC3)cc2)n1. The first-order valence-corrected chi connectivity index (χ1v) is 7.37. The second-order valence-corrected chi connectivity index (χ2v) is 5.40. The minimum atomic E-state index is 0.0448. The Morgan fingerprint density at radius 1 is 1.18 bits per heavy atom. The highest BCUT2D eigenvalue weighted by Crippen LogP contribution is 2.23. The van der Waals surface area contributed by atoms with Crippen LogP contribution in [-0.4, -0.2) is 33.9 Å². The Balaban J connectivity index is 1.72. The van der Waals surface area contributed by atoms with Gasteiger partial charge in [0.05, 0.1) is 0 Å². The average Bonchev–Trinajstić information content (AvgIpc) is 3.00. The van der Waals surface area contributed by atoms with Crippen molar-refractivity contribution in [2.75, 3.05) is 18.8 Å². The molecule has 22 heavy (non-hydrogen) atoms. The van der Waals surface area contributed by atoms with Crippen LogP contribution < -0.4 is 10.5 Å². The van der Waals surface area contributed by atoms with Gasteiger partial charge in [0.2, 0.25) is 11.8 Å². The second kappa shape index (κ2) is 6.19. The number of rotatable bonds is 3. The number of halogens is 1. The number of carbonyl (C=O) groups is 1. The van der Waals surface area contributed by atoms with Gasteiger partial charge in [0.25, 0.3) is 5.91 Å². The van der Waals surface area contributed by atoms with Crippen molar-refractivity contribution in [1.82, 2.24) is 14.9 Å². The van der Waals surface area contributed by atoms with Gasteiger partial charge in [-0.25, -0.2) is 4.98 Å². The topological polar surface area (TPSA) is 81.3 Å². The maximum atomic E-state index is 12.2. The van der Waals surface area contributed by atoms with Crippen molar-refractivity contribution >= 4 is 23.5 Å². The number of benzene rings is 1. The van der Waals surface area contributed by atoms with Crippen molar-refractivity contribution in [2.24, 2.45) is 0 Å². The molecule has 1 saturated heterocycles. The third-order valence-corrected chi connectivity index (χ3v) is 3.60. The lowest BCUT2D eigenvalue weighted by Gasteiger charge is -2.15. The van der Waals surface area contributed by atoms with Gasteiger partial charge in [0, 0.05) is 24.7 Å². The van der Waals surface area contributed by atoms with Crippen LogP contribution in [0.1, 0.15) is 23.2 Å². The molecule has 0 saturated carbocycles. The fraction of sp³-hybridized carbons (Fsp3) is 0.267. The zero-order valence-corrected chi connectivity index (χ0v) is 12.6. The van der Waals surface area contributed by atoms with Crippen molar-refractivity contribution in [3.8, 4) is 11.6 Å². The fourth-order valence-electron chi connectivity index (χ4n) is 2.36. The molecule has 3 rings (SSSR count). The lowest BCUT2D eigenvalue weighted by atomic mass is 10.2. The zero-order valence-electron chi connectivity index (χ0n) is 11.8. The first kappa shape index (κ1) is 14.6. The molecule has 0 radical (unpaired) electrons. The summed E-state index contributed by atoms with van der Waals surface area (Å²) in [6, 6.07) is 8.39. The van der Waals surface area contributed by atoms with Crippen molar-refractivity contribution in [3.05, 3.63) is 41.0 Å². The van der Waals surface area contributed by atoms with E-state index in [9.17, 15) is 4.79 Å². The minimum absolute atomic E-state index is 0.0448. The molecule has 1 fully saturated rings. The Morgan fingerprint density at radius 3 is 2.50 bits per heavy atom. The highest BCUT2D eigenvalue weighted by atomic mass is 35.5. The van der Waals surface area contributed by atoms with Gasteiger partial charge in [-0.05, 0) is 37.1 Å². The molecule has 1 aliphatic heterocycles. The number of likely N-dealkylation sites (tertiary alicyclic amines) is 1. The maximum Gasteiger partial charge on any atom is 0.253 e. The van der Waals surface area contributed by atoms with Crippen LogP contribution in [0.15, 0.2) is 30.3 Å². The Morgan fingerprint density at radius 2 is 1.86 bits per heavy atom. The van der Waals surface area contributed by atoms with E-state index in [2.05, 4.69) is 9.97 Å². The fourth-order valence-corrected chi connectivity index (χ4v) is 2.54. The lowest BCUT2D eigenvalue weighted by Crippen LogP contribution is -2.27. The smallest absolute Gasteiger partial charge is 0.253 e. The van der Waals surface area contributed by atoms with E-state index in [1.165, 1.54) is 6.07 Å². The zero-order chi connectivity index (χ0) is 15.5. The Kier molecular flexibility index (Phi) is 4.11. The van der Waals surface area contributed by atoms with Crippen LogP contribution in [0.2, 0.25) is 5.15 Å². The van der Waals surface area contributed by atoms with Crippen LogP contribution in [0.3, 0.4) is 0 Å². The molecule has 0 bridgehead atoms. The summed E-state index contributed by atoms with van der Waals surface area (Å²) >= 11 is 5.79. The van der Waals surface area contributed by atoms with Crippen molar-refractivity contribution in [2.45, 2.75) is 12.8 Å². The van der Waals surface area contributed by atoms with Gasteiger partial charge in [0.1, 0.15) is 10.9 Å². The molecule has 6 nitrogen and oxygen atoms in total. The van der Waals surface area contributed by atoms with E-state index in [0.717, 1.165) is 25.9 Å². The number of amides is 1. The predicted octanol–water partition coefficient (Wildman–Crippen LogP) is 2.74. The first-order valence-electron chi connectivity index (χ1n) is 6.99. The Labute approximate surface area is 132 Å². The second-order valence-electron chi connectivity index (χ2n) is 5.01. The van der Waals surface area contributed by atoms with E-state index >= 15 is 0 Å². The number of nitrogen functional groups attached to an aromatic ring is 1. The molecule has 0 unspecified atom stereocenters. The predicted molar refractivity (Wildman–Crippen MR) is 83.1 cm³/mol. The standard InChI is InChI=1S/C15H15ClN4O2/c16-12-9-13(19-15(17)18-12)22-11-5-3-10(4-6-11)14(21)20-7-1-2-8-20/h3-6,9H,1-2,7-8H2,(H2,17,18,19). The first-order chi connectivity index (χ1) is 10.6. The molecule has 7 heteroatoms. The van der Waals surface area contributed by atoms with Crippen LogP contribution in [-0.2, 0) is 0 Å². The molecule has 1 aliphatic rings. The van der Waals surface area contributed by atoms with E-state index in [-0.39, 0.29) is 22.9 Å². The van der Waals surface area contributed by atoms with Crippen LogP contribution in [0.4, 0.5) is 5.95 Å². The molecule has 0 atom stereocenters. The van der Waals surface area contributed by atoms with Crippen LogP contribution >= 0.6 is 11.6 Å². The number of nitrogens with zero attached hydrogens (tertiary/aromatic N) is 3. The summed E-state index contributed by atoms with van der Waals surface area (Å²) in [5.41, 5.74) is 6.16. The molecule has 0 spiro atoms. The minimum Gasteiger partial charge on any atom is -0.439 e. The number of ether oxygens (including phenoxy) is 1. The van der Waals surface area contributed by atoms with Gasteiger partial charge < -0.3 is 15.4 Å². The van der Waals surface area contributed by atoms with E-state index in [1.54, 1.807) is 24.3 Å². The van der Waals surface area contributed by atoms with Gasteiger partial charge >= 0.3 is 0 Å². The molecular formula is C15H15ClN4O2.